The van der Waals surface area contributed by atoms with Crippen LogP contribution in [-0.4, -0.2) is 76.0 Å². The molecule has 0 fully saturated rings. The summed E-state index contributed by atoms with van der Waals surface area (Å²) in [6.45, 7) is 0. The molecular formula is C41H41Cl2N5O8. The van der Waals surface area contributed by atoms with Crippen LogP contribution in [0, 0.1) is 0 Å². The van der Waals surface area contributed by atoms with Crippen molar-refractivity contribution in [1.82, 2.24) is 21.3 Å². The first-order valence-electron chi connectivity index (χ1n) is 17.9. The third-order valence-electron chi connectivity index (χ3n) is 9.16. The molecule has 0 aromatic heterocycles. The van der Waals surface area contributed by atoms with Crippen LogP contribution >= 0.6 is 23.2 Å². The molecule has 2 aliphatic rings. The van der Waals surface area contributed by atoms with E-state index < -0.39 is 72.2 Å². The molecule has 6 rings (SSSR count). The molecule has 4 aromatic rings. The van der Waals surface area contributed by atoms with Crippen LogP contribution in [0.15, 0.2) is 103 Å². The SMILES string of the molecule is O=C1C[C@@H](O)C(=O)Nc2ccc(cc2)C[C@H](C(=O)O)NC(=O)[C@@H](CCc2ccccc2)NC(=O)[C@H](Cc2ccc(Cl)cc2Cl)NC(=O)[C@@H](Cc2ccccc2)N1. The normalized spacial score (nSPS) is 21.4. The second-order valence-electron chi connectivity index (χ2n) is 13.4. The van der Waals surface area contributed by atoms with E-state index in [1.165, 1.54) is 18.2 Å². The molecule has 0 saturated carbocycles. The summed E-state index contributed by atoms with van der Waals surface area (Å²) in [5, 5.41) is 34.4. The number of aryl methyl sites for hydroxylation is 1. The topological polar surface area (TPSA) is 203 Å². The highest BCUT2D eigenvalue weighted by Crippen LogP contribution is 2.23. The number of rotatable bonds is 8. The van der Waals surface area contributed by atoms with Gasteiger partial charge in [0.2, 0.25) is 23.6 Å². The number of anilines is 1. The molecular weight excluding hydrogens is 761 g/mol. The van der Waals surface area contributed by atoms with E-state index >= 15 is 0 Å². The predicted octanol–water partition coefficient (Wildman–Crippen LogP) is 3.38. The second-order valence-corrected chi connectivity index (χ2v) is 14.2. The largest absolute Gasteiger partial charge is 0.480 e. The molecule has 292 valence electrons. The van der Waals surface area contributed by atoms with Crippen molar-refractivity contribution in [1.29, 1.82) is 0 Å². The first-order valence-corrected chi connectivity index (χ1v) is 18.6. The Labute approximate surface area is 333 Å². The van der Waals surface area contributed by atoms with Crippen LogP contribution in [0.5, 0.6) is 0 Å². The Hall–Kier alpha value is -5.76. The number of halogens is 2. The van der Waals surface area contributed by atoms with Crippen molar-refractivity contribution in [3.8, 4) is 0 Å². The number of aliphatic hydroxyl groups excluding tert-OH is 1. The summed E-state index contributed by atoms with van der Waals surface area (Å²) in [6, 6.07) is 23.3. The van der Waals surface area contributed by atoms with Gasteiger partial charge in [-0.15, -0.1) is 0 Å². The Morgan fingerprint density at radius 1 is 0.643 bits per heavy atom. The van der Waals surface area contributed by atoms with Gasteiger partial charge in [-0.05, 0) is 59.4 Å². The van der Waals surface area contributed by atoms with Gasteiger partial charge in [-0.1, -0.05) is 102 Å². The highest BCUT2D eigenvalue weighted by atomic mass is 35.5. The number of nitrogens with one attached hydrogen (secondary N) is 5. The number of amides is 5. The molecule has 0 radical (unpaired) electrons. The van der Waals surface area contributed by atoms with Crippen molar-refractivity contribution in [2.45, 2.75) is 68.8 Å². The van der Waals surface area contributed by atoms with Gasteiger partial charge in [-0.25, -0.2) is 4.79 Å². The van der Waals surface area contributed by atoms with E-state index in [0.717, 1.165) is 5.56 Å². The number of hydrogen-bond acceptors (Lipinski definition) is 7. The van der Waals surface area contributed by atoms with Gasteiger partial charge < -0.3 is 36.8 Å². The Morgan fingerprint density at radius 3 is 1.86 bits per heavy atom. The summed E-state index contributed by atoms with van der Waals surface area (Å²) in [7, 11) is 0. The van der Waals surface area contributed by atoms with Crippen LogP contribution in [0.25, 0.3) is 0 Å². The van der Waals surface area contributed by atoms with E-state index in [9.17, 15) is 39.0 Å². The minimum Gasteiger partial charge on any atom is -0.480 e. The Bertz CT molecular complexity index is 2030. The van der Waals surface area contributed by atoms with Gasteiger partial charge in [0, 0.05) is 35.0 Å². The Morgan fingerprint density at radius 2 is 1.23 bits per heavy atom. The molecule has 2 bridgehead atoms. The average Bonchev–Trinajstić information content (AvgIpc) is 3.17. The molecule has 2 aliphatic heterocycles. The van der Waals surface area contributed by atoms with E-state index in [0.29, 0.717) is 28.1 Å². The zero-order valence-electron chi connectivity index (χ0n) is 30.0. The minimum atomic E-state index is -1.80. The van der Waals surface area contributed by atoms with Gasteiger partial charge >= 0.3 is 5.97 Å². The fourth-order valence-electron chi connectivity index (χ4n) is 6.12. The first-order chi connectivity index (χ1) is 26.8. The van der Waals surface area contributed by atoms with Crippen molar-refractivity contribution < 1.29 is 39.0 Å². The Kier molecular flexibility index (Phi) is 14.6. The summed E-state index contributed by atoms with van der Waals surface area (Å²) in [5.74, 6) is -5.37. The lowest BCUT2D eigenvalue weighted by Gasteiger charge is -2.27. The lowest BCUT2D eigenvalue weighted by Crippen LogP contribution is -2.58. The number of carbonyl (C=O) groups excluding carboxylic acids is 5. The van der Waals surface area contributed by atoms with Gasteiger partial charge in [-0.3, -0.25) is 24.0 Å². The fraction of sp³-hybridized carbons (Fsp3) is 0.268. The smallest absolute Gasteiger partial charge is 0.326 e. The number of fused-ring (bicyclic) bond motifs is 18. The summed E-state index contributed by atoms with van der Waals surface area (Å²) < 4.78 is 0. The van der Waals surface area contributed by atoms with Crippen molar-refractivity contribution in [3.05, 3.63) is 135 Å². The molecule has 0 saturated heterocycles. The molecule has 4 aromatic carbocycles. The van der Waals surface area contributed by atoms with Crippen molar-refractivity contribution in [2.75, 3.05) is 5.32 Å². The molecule has 2 heterocycles. The zero-order valence-corrected chi connectivity index (χ0v) is 31.6. The second kappa shape index (κ2) is 19.7. The Balaban J connectivity index is 1.52. The van der Waals surface area contributed by atoms with E-state index in [4.69, 9.17) is 23.2 Å². The minimum absolute atomic E-state index is 0.0260. The number of carboxylic acid groups (broad SMARTS) is 1. The van der Waals surface area contributed by atoms with Crippen LogP contribution in [-0.2, 0) is 54.5 Å². The van der Waals surface area contributed by atoms with Gasteiger partial charge in [0.15, 0.2) is 0 Å². The van der Waals surface area contributed by atoms with Crippen molar-refractivity contribution >= 4 is 64.4 Å². The third kappa shape index (κ3) is 12.1. The van der Waals surface area contributed by atoms with Crippen molar-refractivity contribution in [2.24, 2.45) is 0 Å². The highest BCUT2D eigenvalue weighted by molar-refractivity contribution is 6.35. The number of aliphatic hydroxyl groups is 1. The van der Waals surface area contributed by atoms with E-state index in [1.54, 1.807) is 54.6 Å². The molecule has 0 aliphatic carbocycles. The van der Waals surface area contributed by atoms with Gasteiger partial charge in [0.25, 0.3) is 5.91 Å². The molecule has 7 N–H and O–H groups in total. The van der Waals surface area contributed by atoms with Crippen LogP contribution in [0.1, 0.15) is 35.1 Å². The van der Waals surface area contributed by atoms with E-state index in [1.807, 2.05) is 30.3 Å². The number of carboxylic acids is 1. The van der Waals surface area contributed by atoms with Crippen molar-refractivity contribution in [3.63, 3.8) is 0 Å². The standard InChI is InChI=1S/C41H41Cl2N5O8/c42-28-15-14-27(30(43)22-28)21-33-39(53)46-31(18-13-24-7-3-1-4-8-24)37(51)48-34(41(55)56)20-26-11-16-29(17-12-26)44-40(54)35(49)23-36(50)45-32(38(52)47-33)19-25-9-5-2-6-10-25/h1-12,14-17,22,31-35,49H,13,18-21,23H2,(H,44,54)(H,45,50)(H,46,53)(H,47,52)(H,48,51)(H,55,56)/t31-,32-,33+,34-,35-/m1/s1. The molecule has 5 amide bonds. The lowest BCUT2D eigenvalue weighted by molar-refractivity contribution is -0.142. The van der Waals surface area contributed by atoms with Gasteiger partial charge in [0.05, 0.1) is 6.42 Å². The molecule has 0 unspecified atom stereocenters. The van der Waals surface area contributed by atoms with E-state index in [-0.39, 0.29) is 36.4 Å². The van der Waals surface area contributed by atoms with E-state index in [2.05, 4.69) is 26.6 Å². The molecule has 13 nitrogen and oxygen atoms in total. The maximum absolute atomic E-state index is 14.3. The fourth-order valence-corrected chi connectivity index (χ4v) is 6.61. The van der Waals surface area contributed by atoms with Gasteiger partial charge in [0.1, 0.15) is 30.3 Å². The molecule has 15 heteroatoms. The summed E-state index contributed by atoms with van der Waals surface area (Å²) >= 11 is 12.6. The summed E-state index contributed by atoms with van der Waals surface area (Å²) in [4.78, 5) is 80.8. The van der Waals surface area contributed by atoms with Gasteiger partial charge in [-0.2, -0.15) is 0 Å². The summed E-state index contributed by atoms with van der Waals surface area (Å²) in [6.07, 6.45) is -2.42. The third-order valence-corrected chi connectivity index (χ3v) is 9.75. The van der Waals surface area contributed by atoms with Crippen LogP contribution in [0.2, 0.25) is 10.0 Å². The monoisotopic (exact) mass is 801 g/mol. The maximum atomic E-state index is 14.3. The first kappa shape index (κ1) is 41.4. The van der Waals surface area contributed by atoms with Crippen LogP contribution < -0.4 is 26.6 Å². The highest BCUT2D eigenvalue weighted by Gasteiger charge is 2.33. The van der Waals surface area contributed by atoms with Crippen LogP contribution in [0.3, 0.4) is 0 Å². The lowest BCUT2D eigenvalue weighted by atomic mass is 10.00. The number of benzene rings is 4. The quantitative estimate of drug-likeness (QED) is 0.131. The van der Waals surface area contributed by atoms with Crippen LogP contribution in [0.4, 0.5) is 5.69 Å². The maximum Gasteiger partial charge on any atom is 0.326 e. The molecule has 0 spiro atoms. The molecule has 5 atom stereocenters. The summed E-state index contributed by atoms with van der Waals surface area (Å²) in [5.41, 5.74) is 2.71. The zero-order chi connectivity index (χ0) is 40.2. The number of carbonyl (C=O) groups is 6. The number of hydrogen-bond donors (Lipinski definition) is 7. The predicted molar refractivity (Wildman–Crippen MR) is 210 cm³/mol. The number of aliphatic carboxylic acids is 1. The average molecular weight is 803 g/mol. The molecule has 56 heavy (non-hydrogen) atoms.